The van der Waals surface area contributed by atoms with Gasteiger partial charge in [-0.2, -0.15) is 0 Å². The molecule has 3 rings (SSSR count). The molecule has 0 radical (unpaired) electrons. The van der Waals surface area contributed by atoms with Gasteiger partial charge in [0.25, 0.3) is 5.91 Å². The van der Waals surface area contributed by atoms with E-state index in [9.17, 15) is 4.79 Å². The quantitative estimate of drug-likeness (QED) is 0.889. The third kappa shape index (κ3) is 5.07. The van der Waals surface area contributed by atoms with Crippen molar-refractivity contribution in [2.45, 2.75) is 45.6 Å². The fourth-order valence-electron chi connectivity index (χ4n) is 3.48. The maximum absolute atomic E-state index is 12.7. The molecule has 1 aliphatic rings. The number of anilines is 1. The molecule has 26 heavy (non-hydrogen) atoms. The van der Waals surface area contributed by atoms with Crippen molar-refractivity contribution in [1.29, 1.82) is 0 Å². The normalized spacial score (nSPS) is 15.7. The smallest absolute Gasteiger partial charge is 0.272 e. The Hall–Kier alpha value is -2.36. The van der Waals surface area contributed by atoms with E-state index in [1.165, 1.54) is 5.56 Å². The van der Waals surface area contributed by atoms with Gasteiger partial charge in [0.1, 0.15) is 5.69 Å². The van der Waals surface area contributed by atoms with E-state index in [0.29, 0.717) is 11.6 Å². The van der Waals surface area contributed by atoms with Gasteiger partial charge < -0.3 is 10.2 Å². The van der Waals surface area contributed by atoms with Gasteiger partial charge in [0.2, 0.25) is 0 Å². The van der Waals surface area contributed by atoms with E-state index in [4.69, 9.17) is 0 Å². The molecule has 4 heteroatoms. The van der Waals surface area contributed by atoms with Crippen LogP contribution in [0.3, 0.4) is 0 Å². The number of likely N-dealkylation sites (tertiary alicyclic amines) is 1. The second-order valence-electron chi connectivity index (χ2n) is 8.23. The van der Waals surface area contributed by atoms with Crippen LogP contribution in [0.1, 0.15) is 49.7 Å². The topological polar surface area (TPSA) is 45.2 Å². The second kappa shape index (κ2) is 7.90. The fraction of sp³-hybridized carbons (Fsp3) is 0.455. The lowest BCUT2D eigenvalue weighted by Crippen LogP contribution is -2.39. The molecule has 1 saturated heterocycles. The van der Waals surface area contributed by atoms with Crippen LogP contribution >= 0.6 is 0 Å². The molecule has 0 spiro atoms. The Balaban J connectivity index is 1.53. The summed E-state index contributed by atoms with van der Waals surface area (Å²) in [6, 6.07) is 14.4. The highest BCUT2D eigenvalue weighted by Gasteiger charge is 2.24. The van der Waals surface area contributed by atoms with Gasteiger partial charge in [0.15, 0.2) is 0 Å². The van der Waals surface area contributed by atoms with Crippen molar-refractivity contribution in [2.75, 3.05) is 18.4 Å². The van der Waals surface area contributed by atoms with Crippen LogP contribution in [0, 0.1) is 5.92 Å². The van der Waals surface area contributed by atoms with Crippen LogP contribution in [-0.4, -0.2) is 34.4 Å². The third-order valence-electron chi connectivity index (χ3n) is 4.77. The molecule has 2 aromatic rings. The molecule has 1 aliphatic heterocycles. The van der Waals surface area contributed by atoms with Crippen LogP contribution in [-0.2, 0) is 6.42 Å². The molecule has 2 heterocycles. The summed E-state index contributed by atoms with van der Waals surface area (Å²) in [6.07, 6.45) is 4.98. The summed E-state index contributed by atoms with van der Waals surface area (Å²) in [6.45, 7) is 7.95. The molecule has 1 aromatic heterocycles. The average Bonchev–Trinajstić information content (AvgIpc) is 2.62. The van der Waals surface area contributed by atoms with E-state index in [0.717, 1.165) is 38.0 Å². The van der Waals surface area contributed by atoms with Crippen LogP contribution in [0.15, 0.2) is 48.7 Å². The average molecular weight is 351 g/mol. The SMILES string of the molecule is CC(C)(C)Nc1ccc(C(=O)N2CCC(Cc3ccccc3)CC2)nc1. The predicted molar refractivity (Wildman–Crippen MR) is 106 cm³/mol. The lowest BCUT2D eigenvalue weighted by atomic mass is 9.90. The summed E-state index contributed by atoms with van der Waals surface area (Å²) in [4.78, 5) is 19.0. The van der Waals surface area contributed by atoms with Crippen molar-refractivity contribution >= 4 is 11.6 Å². The largest absolute Gasteiger partial charge is 0.379 e. The van der Waals surface area contributed by atoms with Crippen LogP contribution in [0.4, 0.5) is 5.69 Å². The molecular formula is C22H29N3O. The number of carbonyl (C=O) groups excluding carboxylic acids is 1. The van der Waals surface area contributed by atoms with Crippen molar-refractivity contribution in [3.63, 3.8) is 0 Å². The zero-order valence-electron chi connectivity index (χ0n) is 16.0. The minimum Gasteiger partial charge on any atom is -0.379 e. The van der Waals surface area contributed by atoms with Crippen LogP contribution in [0.25, 0.3) is 0 Å². The van der Waals surface area contributed by atoms with Crippen molar-refractivity contribution in [2.24, 2.45) is 5.92 Å². The minimum atomic E-state index is -0.0200. The number of carbonyl (C=O) groups is 1. The molecule has 0 bridgehead atoms. The molecule has 1 N–H and O–H groups in total. The summed E-state index contributed by atoms with van der Waals surface area (Å²) in [5.41, 5.74) is 2.84. The highest BCUT2D eigenvalue weighted by Crippen LogP contribution is 2.23. The lowest BCUT2D eigenvalue weighted by molar-refractivity contribution is 0.0684. The van der Waals surface area contributed by atoms with E-state index in [1.54, 1.807) is 6.20 Å². The zero-order chi connectivity index (χ0) is 18.6. The molecule has 1 aromatic carbocycles. The maximum Gasteiger partial charge on any atom is 0.272 e. The summed E-state index contributed by atoms with van der Waals surface area (Å²) < 4.78 is 0. The van der Waals surface area contributed by atoms with E-state index >= 15 is 0 Å². The maximum atomic E-state index is 12.7. The minimum absolute atomic E-state index is 0.0200. The van der Waals surface area contributed by atoms with Gasteiger partial charge in [-0.05, 0) is 63.6 Å². The van der Waals surface area contributed by atoms with Crippen molar-refractivity contribution in [3.05, 3.63) is 59.9 Å². The molecule has 0 aliphatic carbocycles. The zero-order valence-corrected chi connectivity index (χ0v) is 16.0. The van der Waals surface area contributed by atoms with Gasteiger partial charge >= 0.3 is 0 Å². The van der Waals surface area contributed by atoms with Gasteiger partial charge in [0, 0.05) is 18.6 Å². The number of pyridine rings is 1. The number of amides is 1. The third-order valence-corrected chi connectivity index (χ3v) is 4.77. The Kier molecular flexibility index (Phi) is 5.60. The summed E-state index contributed by atoms with van der Waals surface area (Å²) in [7, 11) is 0. The highest BCUT2D eigenvalue weighted by atomic mass is 16.2. The molecule has 4 nitrogen and oxygen atoms in total. The Morgan fingerprint density at radius 1 is 1.12 bits per heavy atom. The van der Waals surface area contributed by atoms with Gasteiger partial charge in [0.05, 0.1) is 11.9 Å². The lowest BCUT2D eigenvalue weighted by Gasteiger charge is -2.32. The first-order chi connectivity index (χ1) is 12.4. The number of nitrogens with zero attached hydrogens (tertiary/aromatic N) is 2. The molecule has 138 valence electrons. The number of aromatic nitrogens is 1. The number of hydrogen-bond donors (Lipinski definition) is 1. The first kappa shape index (κ1) is 18.4. The van der Waals surface area contributed by atoms with Gasteiger partial charge in [-0.25, -0.2) is 4.98 Å². The number of rotatable bonds is 4. The molecular weight excluding hydrogens is 322 g/mol. The van der Waals surface area contributed by atoms with Crippen LogP contribution in [0.5, 0.6) is 0 Å². The Morgan fingerprint density at radius 3 is 2.38 bits per heavy atom. The van der Waals surface area contributed by atoms with E-state index in [1.807, 2.05) is 17.0 Å². The number of piperidine rings is 1. The Bertz CT molecular complexity index is 711. The number of benzene rings is 1. The number of nitrogens with one attached hydrogen (secondary N) is 1. The Morgan fingerprint density at radius 2 is 1.81 bits per heavy atom. The first-order valence-corrected chi connectivity index (χ1v) is 9.48. The fourth-order valence-corrected chi connectivity index (χ4v) is 3.48. The van der Waals surface area contributed by atoms with Crippen molar-refractivity contribution in [1.82, 2.24) is 9.88 Å². The standard InChI is InChI=1S/C22H29N3O/c1-22(2,3)24-19-9-10-20(23-16-19)21(26)25-13-11-18(12-14-25)15-17-7-5-4-6-8-17/h4-10,16,18,24H,11-15H2,1-3H3. The summed E-state index contributed by atoms with van der Waals surface area (Å²) in [5.74, 6) is 0.707. The van der Waals surface area contributed by atoms with Gasteiger partial charge in [-0.15, -0.1) is 0 Å². The highest BCUT2D eigenvalue weighted by molar-refractivity contribution is 5.92. The van der Waals surface area contributed by atoms with Crippen molar-refractivity contribution < 1.29 is 4.79 Å². The van der Waals surface area contributed by atoms with Crippen LogP contribution < -0.4 is 5.32 Å². The second-order valence-corrected chi connectivity index (χ2v) is 8.23. The van der Waals surface area contributed by atoms with Gasteiger partial charge in [-0.3, -0.25) is 4.79 Å². The first-order valence-electron chi connectivity index (χ1n) is 9.48. The molecule has 1 fully saturated rings. The molecule has 1 amide bonds. The van der Waals surface area contributed by atoms with E-state index in [-0.39, 0.29) is 11.4 Å². The summed E-state index contributed by atoms with van der Waals surface area (Å²) >= 11 is 0. The van der Waals surface area contributed by atoms with Crippen molar-refractivity contribution in [3.8, 4) is 0 Å². The summed E-state index contributed by atoms with van der Waals surface area (Å²) in [5, 5.41) is 3.37. The predicted octanol–water partition coefficient (Wildman–Crippen LogP) is 4.39. The van der Waals surface area contributed by atoms with Crippen LogP contribution in [0.2, 0.25) is 0 Å². The van der Waals surface area contributed by atoms with E-state index in [2.05, 4.69) is 61.4 Å². The van der Waals surface area contributed by atoms with Gasteiger partial charge in [-0.1, -0.05) is 30.3 Å². The monoisotopic (exact) mass is 351 g/mol. The van der Waals surface area contributed by atoms with E-state index < -0.39 is 0 Å². The molecule has 0 unspecified atom stereocenters. The number of hydrogen-bond acceptors (Lipinski definition) is 3. The Labute approximate surface area is 156 Å². The molecule has 0 saturated carbocycles. The molecule has 0 atom stereocenters.